The van der Waals surface area contributed by atoms with Crippen molar-refractivity contribution in [2.45, 2.75) is 20.3 Å². The molecule has 1 unspecified atom stereocenters. The Hall–Kier alpha value is -1.81. The predicted octanol–water partition coefficient (Wildman–Crippen LogP) is 2.89. The third-order valence-corrected chi connectivity index (χ3v) is 3.33. The average Bonchev–Trinajstić information content (AvgIpc) is 2.40. The summed E-state index contributed by atoms with van der Waals surface area (Å²) in [7, 11) is 0. The first-order valence-electron chi connectivity index (χ1n) is 6.35. The van der Waals surface area contributed by atoms with Crippen molar-refractivity contribution in [3.05, 3.63) is 40.4 Å². The summed E-state index contributed by atoms with van der Waals surface area (Å²) in [6.07, 6.45) is 3.49. The van der Waals surface area contributed by atoms with E-state index in [2.05, 4.69) is 5.32 Å². The first-order chi connectivity index (χ1) is 9.40. The maximum absolute atomic E-state index is 11.5. The van der Waals surface area contributed by atoms with E-state index in [4.69, 9.17) is 16.7 Å². The molecule has 0 spiro atoms. The van der Waals surface area contributed by atoms with Crippen molar-refractivity contribution < 1.29 is 14.7 Å². The van der Waals surface area contributed by atoms with E-state index < -0.39 is 11.9 Å². The zero-order valence-electron chi connectivity index (χ0n) is 11.5. The minimum Gasteiger partial charge on any atom is -0.481 e. The Labute approximate surface area is 123 Å². The zero-order valence-corrected chi connectivity index (χ0v) is 12.3. The largest absolute Gasteiger partial charge is 0.481 e. The van der Waals surface area contributed by atoms with Gasteiger partial charge in [-0.1, -0.05) is 30.7 Å². The Morgan fingerprint density at radius 3 is 2.75 bits per heavy atom. The molecule has 0 radical (unpaired) electrons. The number of carbonyl (C=O) groups excluding carboxylic acids is 1. The molecule has 0 saturated carbocycles. The first-order valence-corrected chi connectivity index (χ1v) is 6.73. The van der Waals surface area contributed by atoms with Gasteiger partial charge in [0.15, 0.2) is 0 Å². The fraction of sp³-hybridized carbons (Fsp3) is 0.333. The van der Waals surface area contributed by atoms with Crippen LogP contribution >= 0.6 is 11.6 Å². The molecule has 0 heterocycles. The van der Waals surface area contributed by atoms with Gasteiger partial charge in [0.1, 0.15) is 0 Å². The Morgan fingerprint density at radius 1 is 1.45 bits per heavy atom. The molecule has 0 aliphatic heterocycles. The van der Waals surface area contributed by atoms with Crippen LogP contribution in [-0.4, -0.2) is 23.5 Å². The Kier molecular flexibility index (Phi) is 6.25. The topological polar surface area (TPSA) is 66.4 Å². The minimum absolute atomic E-state index is 0.251. The van der Waals surface area contributed by atoms with Crippen LogP contribution in [0.1, 0.15) is 24.5 Å². The lowest BCUT2D eigenvalue weighted by molar-refractivity contribution is -0.141. The molecule has 1 atom stereocenters. The number of carboxylic acid groups (broad SMARTS) is 1. The van der Waals surface area contributed by atoms with Crippen LogP contribution in [0.3, 0.4) is 0 Å². The molecule has 5 heteroatoms. The number of nitrogens with one attached hydrogen (secondary N) is 1. The molecule has 1 aromatic rings. The molecular formula is C15H18ClNO3. The van der Waals surface area contributed by atoms with Crippen molar-refractivity contribution in [3.63, 3.8) is 0 Å². The molecule has 0 bridgehead atoms. The van der Waals surface area contributed by atoms with E-state index in [9.17, 15) is 9.59 Å². The highest BCUT2D eigenvalue weighted by molar-refractivity contribution is 6.31. The number of hydrogen-bond acceptors (Lipinski definition) is 2. The second-order valence-electron chi connectivity index (χ2n) is 4.66. The highest BCUT2D eigenvalue weighted by Gasteiger charge is 2.10. The number of halogens is 1. The lowest BCUT2D eigenvalue weighted by Crippen LogP contribution is -2.25. The molecule has 108 valence electrons. The van der Waals surface area contributed by atoms with E-state index >= 15 is 0 Å². The normalized spacial score (nSPS) is 12.3. The smallest absolute Gasteiger partial charge is 0.306 e. The molecule has 0 aromatic heterocycles. The van der Waals surface area contributed by atoms with E-state index in [-0.39, 0.29) is 5.91 Å². The molecule has 0 fully saturated rings. The third kappa shape index (κ3) is 5.45. The molecule has 1 aromatic carbocycles. The summed E-state index contributed by atoms with van der Waals surface area (Å²) in [5.74, 6) is -1.57. The Morgan fingerprint density at radius 2 is 2.15 bits per heavy atom. The number of aliphatic carboxylic acids is 1. The average molecular weight is 296 g/mol. The second-order valence-corrected chi connectivity index (χ2v) is 5.07. The minimum atomic E-state index is -0.857. The number of benzene rings is 1. The maximum Gasteiger partial charge on any atom is 0.306 e. The number of rotatable bonds is 6. The van der Waals surface area contributed by atoms with Crippen molar-refractivity contribution in [3.8, 4) is 0 Å². The number of aryl methyl sites for hydroxylation is 1. The fourth-order valence-electron chi connectivity index (χ4n) is 1.48. The predicted molar refractivity (Wildman–Crippen MR) is 79.6 cm³/mol. The van der Waals surface area contributed by atoms with Gasteiger partial charge in [0.25, 0.3) is 0 Å². The van der Waals surface area contributed by atoms with Crippen LogP contribution in [0.4, 0.5) is 0 Å². The van der Waals surface area contributed by atoms with Crippen LogP contribution in [0, 0.1) is 12.8 Å². The molecule has 0 aliphatic rings. The summed E-state index contributed by atoms with van der Waals surface area (Å²) in [6, 6.07) is 5.54. The molecular weight excluding hydrogens is 278 g/mol. The number of carbonyl (C=O) groups is 2. The van der Waals surface area contributed by atoms with Crippen LogP contribution in [0.25, 0.3) is 6.08 Å². The molecule has 1 rings (SSSR count). The second kappa shape index (κ2) is 7.70. The van der Waals surface area contributed by atoms with E-state index in [0.29, 0.717) is 18.0 Å². The van der Waals surface area contributed by atoms with Crippen molar-refractivity contribution in [2.24, 2.45) is 5.92 Å². The number of amides is 1. The van der Waals surface area contributed by atoms with Crippen molar-refractivity contribution in [1.29, 1.82) is 0 Å². The van der Waals surface area contributed by atoms with Crippen LogP contribution in [-0.2, 0) is 9.59 Å². The molecule has 4 nitrogen and oxygen atoms in total. The van der Waals surface area contributed by atoms with Gasteiger partial charge >= 0.3 is 5.97 Å². The van der Waals surface area contributed by atoms with Gasteiger partial charge in [-0.3, -0.25) is 9.59 Å². The van der Waals surface area contributed by atoms with Crippen molar-refractivity contribution in [2.75, 3.05) is 6.54 Å². The van der Waals surface area contributed by atoms with Gasteiger partial charge in [0, 0.05) is 17.6 Å². The fourth-order valence-corrected chi connectivity index (χ4v) is 1.67. The van der Waals surface area contributed by atoms with Gasteiger partial charge in [-0.2, -0.15) is 0 Å². The maximum atomic E-state index is 11.5. The first kappa shape index (κ1) is 16.2. The highest BCUT2D eigenvalue weighted by atomic mass is 35.5. The summed E-state index contributed by atoms with van der Waals surface area (Å²) in [5.41, 5.74) is 1.82. The number of carboxylic acids is 1. The summed E-state index contributed by atoms with van der Waals surface area (Å²) in [6.45, 7) is 3.86. The third-order valence-electron chi connectivity index (χ3n) is 2.92. The quantitative estimate of drug-likeness (QED) is 0.793. The lowest BCUT2D eigenvalue weighted by Gasteiger charge is -2.06. The Bertz CT molecular complexity index is 526. The molecule has 0 aliphatic carbocycles. The van der Waals surface area contributed by atoms with E-state index in [1.54, 1.807) is 19.1 Å². The van der Waals surface area contributed by atoms with E-state index in [1.165, 1.54) is 6.08 Å². The van der Waals surface area contributed by atoms with Crippen LogP contribution < -0.4 is 5.32 Å². The van der Waals surface area contributed by atoms with Gasteiger partial charge in [-0.05, 0) is 36.6 Å². The monoisotopic (exact) mass is 295 g/mol. The molecule has 20 heavy (non-hydrogen) atoms. The summed E-state index contributed by atoms with van der Waals surface area (Å²) in [4.78, 5) is 22.1. The zero-order chi connectivity index (χ0) is 15.1. The van der Waals surface area contributed by atoms with Crippen LogP contribution in [0.2, 0.25) is 5.02 Å². The van der Waals surface area contributed by atoms with Crippen LogP contribution in [0.5, 0.6) is 0 Å². The molecule has 0 saturated heterocycles. The Balaban J connectivity index is 2.43. The van der Waals surface area contributed by atoms with E-state index in [1.807, 2.05) is 19.1 Å². The SMILES string of the molecule is Cc1ccc(/C=C/C(=O)NCCC(C)C(=O)O)cc1Cl. The summed E-state index contributed by atoms with van der Waals surface area (Å²) >= 11 is 5.99. The standard InChI is InChI=1S/C15H18ClNO3/c1-10-3-4-12(9-13(10)16)5-6-14(18)17-8-7-11(2)15(19)20/h3-6,9,11H,7-8H2,1-2H3,(H,17,18)(H,19,20)/b6-5+. The summed E-state index contributed by atoms with van der Waals surface area (Å²) < 4.78 is 0. The van der Waals surface area contributed by atoms with Gasteiger partial charge in [-0.25, -0.2) is 0 Å². The number of hydrogen-bond donors (Lipinski definition) is 2. The van der Waals surface area contributed by atoms with Crippen molar-refractivity contribution >= 4 is 29.6 Å². The van der Waals surface area contributed by atoms with E-state index in [0.717, 1.165) is 11.1 Å². The van der Waals surface area contributed by atoms with Crippen LogP contribution in [0.15, 0.2) is 24.3 Å². The molecule has 1 amide bonds. The lowest BCUT2D eigenvalue weighted by atomic mass is 10.1. The molecule has 2 N–H and O–H groups in total. The van der Waals surface area contributed by atoms with Gasteiger partial charge in [0.2, 0.25) is 5.91 Å². The van der Waals surface area contributed by atoms with Gasteiger partial charge < -0.3 is 10.4 Å². The van der Waals surface area contributed by atoms with Gasteiger partial charge in [0.05, 0.1) is 5.92 Å². The summed E-state index contributed by atoms with van der Waals surface area (Å²) in [5, 5.41) is 12.0. The van der Waals surface area contributed by atoms with Crippen molar-refractivity contribution in [1.82, 2.24) is 5.32 Å². The van der Waals surface area contributed by atoms with Gasteiger partial charge in [-0.15, -0.1) is 0 Å². The highest BCUT2D eigenvalue weighted by Crippen LogP contribution is 2.17.